The molecule has 0 saturated heterocycles. The van der Waals surface area contributed by atoms with E-state index in [0.717, 1.165) is 17.4 Å². The molecule has 0 bridgehead atoms. The summed E-state index contributed by atoms with van der Waals surface area (Å²) in [5.41, 5.74) is 9.28. The lowest BCUT2D eigenvalue weighted by molar-refractivity contribution is 0.914. The van der Waals surface area contributed by atoms with Crippen molar-refractivity contribution in [3.8, 4) is 0 Å². The number of hydrogen-bond donors (Lipinski definition) is 1. The van der Waals surface area contributed by atoms with Gasteiger partial charge in [0, 0.05) is 36.1 Å². The molecule has 0 aliphatic carbocycles. The number of rotatable bonds is 5. The summed E-state index contributed by atoms with van der Waals surface area (Å²) in [6.07, 6.45) is 4.54. The fourth-order valence-corrected chi connectivity index (χ4v) is 2.55. The van der Waals surface area contributed by atoms with E-state index in [4.69, 9.17) is 5.73 Å². The first-order chi connectivity index (χ1) is 9.20. The molecule has 0 amide bonds. The summed E-state index contributed by atoms with van der Waals surface area (Å²) in [6.45, 7) is 1.54. The van der Waals surface area contributed by atoms with E-state index in [0.29, 0.717) is 6.54 Å². The topological polar surface area (TPSA) is 42.2 Å². The fourth-order valence-electron chi connectivity index (χ4n) is 1.99. The van der Waals surface area contributed by atoms with Crippen molar-refractivity contribution in [3.63, 3.8) is 0 Å². The van der Waals surface area contributed by atoms with Crippen molar-refractivity contribution in [2.75, 3.05) is 18.5 Å². The Hall–Kier alpha value is -1.39. The molecule has 0 radical (unpaired) electrons. The molecule has 0 aliphatic rings. The Bertz CT molecular complexity index is 528. The molecule has 2 rings (SSSR count). The number of aromatic nitrogens is 1. The van der Waals surface area contributed by atoms with Gasteiger partial charge in [-0.15, -0.1) is 0 Å². The van der Waals surface area contributed by atoms with Gasteiger partial charge >= 0.3 is 0 Å². The predicted octanol–water partition coefficient (Wildman–Crippen LogP) is 2.98. The number of anilines is 1. The number of nitrogens with zero attached hydrogens (tertiary/aromatic N) is 2. The summed E-state index contributed by atoms with van der Waals surface area (Å²) in [5.74, 6) is 0. The second-order valence-corrected chi connectivity index (χ2v) is 5.38. The van der Waals surface area contributed by atoms with E-state index >= 15 is 0 Å². The van der Waals surface area contributed by atoms with Crippen LogP contribution in [0.5, 0.6) is 0 Å². The van der Waals surface area contributed by atoms with Gasteiger partial charge < -0.3 is 10.6 Å². The first kappa shape index (κ1) is 14.0. The Balaban J connectivity index is 2.11. The zero-order valence-electron chi connectivity index (χ0n) is 11.0. The van der Waals surface area contributed by atoms with E-state index in [1.54, 1.807) is 0 Å². The van der Waals surface area contributed by atoms with Crippen molar-refractivity contribution < 1.29 is 0 Å². The Kier molecular flexibility index (Phi) is 4.93. The number of halogens is 1. The van der Waals surface area contributed by atoms with Crippen LogP contribution in [0.3, 0.4) is 0 Å². The predicted molar refractivity (Wildman–Crippen MR) is 83.2 cm³/mol. The minimum atomic E-state index is 0.671. The van der Waals surface area contributed by atoms with Crippen LogP contribution in [0.15, 0.2) is 47.2 Å². The highest BCUT2D eigenvalue weighted by molar-refractivity contribution is 9.10. The molecule has 0 aliphatic heterocycles. The summed E-state index contributed by atoms with van der Waals surface area (Å²) in [6, 6.07) is 10.5. The van der Waals surface area contributed by atoms with Gasteiger partial charge in [0.05, 0.1) is 0 Å². The van der Waals surface area contributed by atoms with Crippen LogP contribution in [-0.2, 0) is 13.0 Å². The molecule has 0 atom stereocenters. The lowest BCUT2D eigenvalue weighted by atomic mass is 10.1. The van der Waals surface area contributed by atoms with Crippen molar-refractivity contribution in [2.45, 2.75) is 13.0 Å². The van der Waals surface area contributed by atoms with Crippen molar-refractivity contribution >= 4 is 21.6 Å². The third kappa shape index (κ3) is 3.78. The second kappa shape index (κ2) is 6.68. The van der Waals surface area contributed by atoms with E-state index < -0.39 is 0 Å². The number of hydrogen-bond acceptors (Lipinski definition) is 3. The van der Waals surface area contributed by atoms with Crippen LogP contribution >= 0.6 is 15.9 Å². The van der Waals surface area contributed by atoms with Crippen molar-refractivity contribution in [3.05, 3.63) is 58.3 Å². The Labute approximate surface area is 122 Å². The third-order valence-corrected chi connectivity index (χ3v) is 3.80. The van der Waals surface area contributed by atoms with Gasteiger partial charge in [0.25, 0.3) is 0 Å². The summed E-state index contributed by atoms with van der Waals surface area (Å²) >= 11 is 3.61. The van der Waals surface area contributed by atoms with Gasteiger partial charge in [0.2, 0.25) is 0 Å². The van der Waals surface area contributed by atoms with Gasteiger partial charge in [-0.1, -0.05) is 22.0 Å². The quantitative estimate of drug-likeness (QED) is 0.921. The van der Waals surface area contributed by atoms with Crippen LogP contribution in [0.1, 0.15) is 11.1 Å². The molecule has 0 saturated carbocycles. The molecule has 100 valence electrons. The maximum Gasteiger partial charge on any atom is 0.0427 e. The Morgan fingerprint density at radius 3 is 2.58 bits per heavy atom. The highest BCUT2D eigenvalue weighted by atomic mass is 79.9. The molecule has 1 heterocycles. The Morgan fingerprint density at radius 1 is 1.21 bits per heavy atom. The van der Waals surface area contributed by atoms with Gasteiger partial charge in [-0.25, -0.2) is 0 Å². The van der Waals surface area contributed by atoms with Crippen LogP contribution < -0.4 is 10.6 Å². The molecule has 1 aromatic carbocycles. The first-order valence-electron chi connectivity index (χ1n) is 6.29. The molecular weight excluding hydrogens is 302 g/mol. The number of benzene rings is 1. The standard InChI is InChI=1S/C15H18BrN3/c1-19(11-12-5-8-18-9-6-12)14-3-2-13(4-7-17)15(16)10-14/h2-3,5-6,8-10H,4,7,11,17H2,1H3. The average molecular weight is 320 g/mol. The average Bonchev–Trinajstić information content (AvgIpc) is 2.42. The zero-order valence-corrected chi connectivity index (χ0v) is 12.6. The monoisotopic (exact) mass is 319 g/mol. The van der Waals surface area contributed by atoms with Crippen molar-refractivity contribution in [1.29, 1.82) is 0 Å². The summed E-state index contributed by atoms with van der Waals surface area (Å²) in [5, 5.41) is 0. The highest BCUT2D eigenvalue weighted by Gasteiger charge is 2.05. The van der Waals surface area contributed by atoms with Gasteiger partial charge in [-0.05, 0) is 48.4 Å². The molecule has 19 heavy (non-hydrogen) atoms. The molecule has 0 unspecified atom stereocenters. The smallest absolute Gasteiger partial charge is 0.0427 e. The van der Waals surface area contributed by atoms with Gasteiger partial charge in [0.15, 0.2) is 0 Å². The highest BCUT2D eigenvalue weighted by Crippen LogP contribution is 2.24. The summed E-state index contributed by atoms with van der Waals surface area (Å²) in [4.78, 5) is 6.25. The lowest BCUT2D eigenvalue weighted by Crippen LogP contribution is -2.16. The van der Waals surface area contributed by atoms with E-state index in [1.807, 2.05) is 24.5 Å². The molecular formula is C15H18BrN3. The minimum absolute atomic E-state index is 0.671. The minimum Gasteiger partial charge on any atom is -0.370 e. The Morgan fingerprint density at radius 2 is 1.95 bits per heavy atom. The third-order valence-electron chi connectivity index (χ3n) is 3.06. The second-order valence-electron chi connectivity index (χ2n) is 4.53. The van der Waals surface area contributed by atoms with Crippen LogP contribution in [0.2, 0.25) is 0 Å². The lowest BCUT2D eigenvalue weighted by Gasteiger charge is -2.20. The van der Waals surface area contributed by atoms with E-state index in [2.05, 4.69) is 51.1 Å². The van der Waals surface area contributed by atoms with E-state index in [1.165, 1.54) is 16.8 Å². The van der Waals surface area contributed by atoms with Gasteiger partial charge in [-0.3, -0.25) is 4.98 Å². The fraction of sp³-hybridized carbons (Fsp3) is 0.267. The van der Waals surface area contributed by atoms with Crippen LogP contribution in [0, 0.1) is 0 Å². The molecule has 2 aromatic rings. The summed E-state index contributed by atoms with van der Waals surface area (Å²) < 4.78 is 1.12. The summed E-state index contributed by atoms with van der Waals surface area (Å²) in [7, 11) is 2.09. The maximum absolute atomic E-state index is 5.59. The maximum atomic E-state index is 5.59. The molecule has 4 heteroatoms. The zero-order chi connectivity index (χ0) is 13.7. The van der Waals surface area contributed by atoms with Crippen LogP contribution in [0.25, 0.3) is 0 Å². The van der Waals surface area contributed by atoms with E-state index in [-0.39, 0.29) is 0 Å². The van der Waals surface area contributed by atoms with E-state index in [9.17, 15) is 0 Å². The molecule has 1 aromatic heterocycles. The van der Waals surface area contributed by atoms with Crippen LogP contribution in [-0.4, -0.2) is 18.6 Å². The van der Waals surface area contributed by atoms with Crippen molar-refractivity contribution in [1.82, 2.24) is 4.98 Å². The molecule has 0 fully saturated rings. The largest absolute Gasteiger partial charge is 0.370 e. The molecule has 3 nitrogen and oxygen atoms in total. The SMILES string of the molecule is CN(Cc1ccncc1)c1ccc(CCN)c(Br)c1. The normalized spacial score (nSPS) is 10.5. The molecule has 2 N–H and O–H groups in total. The number of pyridine rings is 1. The van der Waals surface area contributed by atoms with Gasteiger partial charge in [-0.2, -0.15) is 0 Å². The molecule has 0 spiro atoms. The number of nitrogens with two attached hydrogens (primary N) is 1. The van der Waals surface area contributed by atoms with Gasteiger partial charge in [0.1, 0.15) is 0 Å². The first-order valence-corrected chi connectivity index (χ1v) is 7.08. The van der Waals surface area contributed by atoms with Crippen LogP contribution in [0.4, 0.5) is 5.69 Å². The van der Waals surface area contributed by atoms with Crippen molar-refractivity contribution in [2.24, 2.45) is 5.73 Å².